The van der Waals surface area contributed by atoms with Gasteiger partial charge in [0.25, 0.3) is 0 Å². The zero-order valence-electron chi connectivity index (χ0n) is 22.9. The zero-order chi connectivity index (χ0) is 27.6. The van der Waals surface area contributed by atoms with Crippen molar-refractivity contribution < 1.29 is 14.4 Å². The van der Waals surface area contributed by atoms with E-state index < -0.39 is 16.2 Å². The topological polar surface area (TPSA) is 113 Å². The first kappa shape index (κ1) is 29.2. The summed E-state index contributed by atoms with van der Waals surface area (Å²) in [6, 6.07) is 5.20. The predicted molar refractivity (Wildman–Crippen MR) is 146 cm³/mol. The van der Waals surface area contributed by atoms with Crippen molar-refractivity contribution in [3.05, 3.63) is 28.9 Å². The minimum absolute atomic E-state index is 0.106. The molecule has 0 aliphatic heterocycles. The summed E-state index contributed by atoms with van der Waals surface area (Å²) in [6.07, 6.45) is 0.501. The van der Waals surface area contributed by atoms with Crippen LogP contribution < -0.4 is 16.0 Å². The third kappa shape index (κ3) is 7.26. The number of carbonyl (C=O) groups excluding carboxylic acids is 3. The number of nitrogens with zero attached hydrogens (tertiary/aromatic N) is 2. The van der Waals surface area contributed by atoms with Crippen LogP contribution in [0, 0.1) is 16.2 Å². The zero-order valence-corrected chi connectivity index (χ0v) is 23.7. The fourth-order valence-electron chi connectivity index (χ4n) is 2.88. The van der Waals surface area contributed by atoms with Gasteiger partial charge in [-0.1, -0.05) is 86.9 Å². The molecule has 0 aliphatic rings. The quantitative estimate of drug-likeness (QED) is 0.431. The minimum Gasteiger partial charge on any atom is -0.324 e. The van der Waals surface area contributed by atoms with E-state index in [1.807, 2.05) is 27.7 Å². The molecule has 2 rings (SSSR count). The summed E-state index contributed by atoms with van der Waals surface area (Å²) in [4.78, 5) is 47.3. The Bertz CT molecular complexity index is 1170. The lowest BCUT2D eigenvalue weighted by Crippen LogP contribution is -2.30. The molecule has 1 heterocycles. The maximum absolute atomic E-state index is 12.9. The number of halogens is 1. The third-order valence-electron chi connectivity index (χ3n) is 5.32. The van der Waals surface area contributed by atoms with Crippen LogP contribution in [0.15, 0.2) is 18.2 Å². The van der Waals surface area contributed by atoms with Gasteiger partial charge in [-0.05, 0) is 24.1 Å². The molecule has 8 nitrogen and oxygen atoms in total. The van der Waals surface area contributed by atoms with Crippen molar-refractivity contribution in [1.82, 2.24) is 9.97 Å². The normalized spacial score (nSPS) is 12.2. The highest BCUT2D eigenvalue weighted by molar-refractivity contribution is 6.34. The Morgan fingerprint density at radius 2 is 1.28 bits per heavy atom. The first-order chi connectivity index (χ1) is 16.3. The molecule has 36 heavy (non-hydrogen) atoms. The number of anilines is 3. The molecule has 0 saturated heterocycles. The summed E-state index contributed by atoms with van der Waals surface area (Å²) in [5, 5.41) is 8.93. The van der Waals surface area contributed by atoms with Gasteiger partial charge >= 0.3 is 0 Å². The van der Waals surface area contributed by atoms with Gasteiger partial charge in [0.1, 0.15) is 5.82 Å². The molecule has 0 aliphatic carbocycles. The second-order valence-corrected chi connectivity index (χ2v) is 12.3. The van der Waals surface area contributed by atoms with Crippen LogP contribution in [0.3, 0.4) is 0 Å². The molecule has 1 aromatic heterocycles. The number of hydrogen-bond donors (Lipinski definition) is 3. The van der Waals surface area contributed by atoms with Crippen LogP contribution in [-0.4, -0.2) is 27.7 Å². The maximum Gasteiger partial charge on any atom is 0.232 e. The Hall–Kier alpha value is -3.00. The average Bonchev–Trinajstić information content (AvgIpc) is 2.73. The summed E-state index contributed by atoms with van der Waals surface area (Å²) in [5.41, 5.74) is 0.360. The van der Waals surface area contributed by atoms with Crippen molar-refractivity contribution in [3.63, 3.8) is 0 Å². The lowest BCUT2D eigenvalue weighted by Gasteiger charge is -2.22. The standard InChI is InChI=1S/C27H38ClN5O3/c1-11-17-19(15-12-13-16(28)18(14-15)29-21(34)25(2,3)4)20(31-22(35)26(5,6)7)32-24(30-17)33-23(36)27(8,9)10/h12-14H,11H2,1-10H3,(H,29,34)(H2,30,31,32,33,35,36). The van der Waals surface area contributed by atoms with Crippen LogP contribution in [0.5, 0.6) is 0 Å². The van der Waals surface area contributed by atoms with Crippen LogP contribution in [0.1, 0.15) is 74.9 Å². The molecule has 0 spiro atoms. The lowest BCUT2D eigenvalue weighted by atomic mass is 9.94. The van der Waals surface area contributed by atoms with E-state index in [2.05, 4.69) is 25.9 Å². The van der Waals surface area contributed by atoms with Crippen molar-refractivity contribution >= 4 is 46.8 Å². The average molecular weight is 516 g/mol. The van der Waals surface area contributed by atoms with Crippen LogP contribution >= 0.6 is 11.6 Å². The van der Waals surface area contributed by atoms with Gasteiger partial charge in [0.05, 0.1) is 16.4 Å². The fourth-order valence-corrected chi connectivity index (χ4v) is 3.05. The van der Waals surface area contributed by atoms with E-state index in [9.17, 15) is 14.4 Å². The Kier molecular flexibility index (Phi) is 8.56. The minimum atomic E-state index is -0.685. The SMILES string of the molecule is CCc1nc(NC(=O)C(C)(C)C)nc(NC(=O)C(C)(C)C)c1-c1ccc(Cl)c(NC(=O)C(C)(C)C)c1. The van der Waals surface area contributed by atoms with Gasteiger partial charge in [-0.2, -0.15) is 4.98 Å². The number of nitrogens with one attached hydrogen (secondary N) is 3. The molecular weight excluding hydrogens is 478 g/mol. The number of hydrogen-bond acceptors (Lipinski definition) is 5. The Balaban J connectivity index is 2.70. The third-order valence-corrected chi connectivity index (χ3v) is 5.65. The predicted octanol–water partition coefficient (Wildman–Crippen LogP) is 6.31. The highest BCUT2D eigenvalue weighted by atomic mass is 35.5. The molecule has 0 unspecified atom stereocenters. The van der Waals surface area contributed by atoms with Crippen LogP contribution in [-0.2, 0) is 20.8 Å². The van der Waals surface area contributed by atoms with E-state index in [-0.39, 0.29) is 29.5 Å². The van der Waals surface area contributed by atoms with E-state index >= 15 is 0 Å². The van der Waals surface area contributed by atoms with E-state index in [0.29, 0.717) is 34.0 Å². The van der Waals surface area contributed by atoms with Gasteiger partial charge < -0.3 is 10.6 Å². The summed E-state index contributed by atoms with van der Waals surface area (Å²) in [5.74, 6) is -0.303. The fraction of sp³-hybridized carbons (Fsp3) is 0.519. The highest BCUT2D eigenvalue weighted by Gasteiger charge is 2.27. The largest absolute Gasteiger partial charge is 0.324 e. The molecule has 0 bridgehead atoms. The molecule has 196 valence electrons. The molecule has 2 aromatic rings. The first-order valence-corrected chi connectivity index (χ1v) is 12.4. The van der Waals surface area contributed by atoms with Crippen molar-refractivity contribution in [2.75, 3.05) is 16.0 Å². The second kappa shape index (κ2) is 10.5. The summed E-state index contributed by atoms with van der Waals surface area (Å²) < 4.78 is 0. The smallest absolute Gasteiger partial charge is 0.232 e. The van der Waals surface area contributed by atoms with Gasteiger partial charge in [0.15, 0.2) is 0 Å². The molecule has 3 amide bonds. The number of amides is 3. The van der Waals surface area contributed by atoms with Crippen molar-refractivity contribution in [2.24, 2.45) is 16.2 Å². The van der Waals surface area contributed by atoms with Gasteiger partial charge in [-0.25, -0.2) is 4.98 Å². The maximum atomic E-state index is 12.9. The molecule has 1 aromatic carbocycles. The molecule has 0 radical (unpaired) electrons. The van der Waals surface area contributed by atoms with Gasteiger partial charge in [-0.15, -0.1) is 0 Å². The van der Waals surface area contributed by atoms with Gasteiger partial charge in [0, 0.05) is 21.8 Å². The number of aromatic nitrogens is 2. The van der Waals surface area contributed by atoms with Crippen molar-refractivity contribution in [1.29, 1.82) is 0 Å². The molecule has 0 fully saturated rings. The van der Waals surface area contributed by atoms with E-state index in [1.165, 1.54) is 0 Å². The van der Waals surface area contributed by atoms with Gasteiger partial charge in [0.2, 0.25) is 23.7 Å². The lowest BCUT2D eigenvalue weighted by molar-refractivity contribution is -0.123. The van der Waals surface area contributed by atoms with E-state index in [1.54, 1.807) is 59.7 Å². The Labute approximate surface area is 219 Å². The Morgan fingerprint density at radius 3 is 1.78 bits per heavy atom. The Morgan fingerprint density at radius 1 is 0.778 bits per heavy atom. The monoisotopic (exact) mass is 515 g/mol. The number of aryl methyl sites for hydroxylation is 1. The van der Waals surface area contributed by atoms with Crippen LogP contribution in [0.4, 0.5) is 17.5 Å². The molecule has 3 N–H and O–H groups in total. The number of benzene rings is 1. The van der Waals surface area contributed by atoms with Crippen LogP contribution in [0.25, 0.3) is 11.1 Å². The molecule has 9 heteroatoms. The van der Waals surface area contributed by atoms with E-state index in [0.717, 1.165) is 0 Å². The van der Waals surface area contributed by atoms with Crippen molar-refractivity contribution in [2.45, 2.75) is 75.7 Å². The van der Waals surface area contributed by atoms with Crippen molar-refractivity contribution in [3.8, 4) is 11.1 Å². The summed E-state index contributed by atoms with van der Waals surface area (Å²) >= 11 is 6.40. The summed E-state index contributed by atoms with van der Waals surface area (Å²) in [6.45, 7) is 18.1. The number of carbonyl (C=O) groups is 3. The van der Waals surface area contributed by atoms with Gasteiger partial charge in [-0.3, -0.25) is 19.7 Å². The molecular formula is C27H38ClN5O3. The highest BCUT2D eigenvalue weighted by Crippen LogP contribution is 2.36. The van der Waals surface area contributed by atoms with E-state index in [4.69, 9.17) is 11.6 Å². The second-order valence-electron chi connectivity index (χ2n) is 11.9. The molecule has 0 saturated carbocycles. The number of rotatable bonds is 5. The summed E-state index contributed by atoms with van der Waals surface area (Å²) in [7, 11) is 0. The first-order valence-electron chi connectivity index (χ1n) is 12.0. The molecule has 0 atom stereocenters. The van der Waals surface area contributed by atoms with Crippen LogP contribution in [0.2, 0.25) is 5.02 Å².